The Balaban J connectivity index is 1.58. The predicted octanol–water partition coefficient (Wildman–Crippen LogP) is 3.40. The first-order valence-electron chi connectivity index (χ1n) is 8.13. The lowest BCUT2D eigenvalue weighted by Gasteiger charge is -2.16. The van der Waals surface area contributed by atoms with Crippen LogP contribution in [0.15, 0.2) is 24.3 Å². The van der Waals surface area contributed by atoms with Gasteiger partial charge in [-0.05, 0) is 56.6 Å². The Hall–Kier alpha value is -2.66. The van der Waals surface area contributed by atoms with Crippen LogP contribution in [-0.4, -0.2) is 20.8 Å². The van der Waals surface area contributed by atoms with E-state index in [1.807, 2.05) is 30.5 Å². The van der Waals surface area contributed by atoms with E-state index in [2.05, 4.69) is 26.9 Å². The van der Waals surface area contributed by atoms with Gasteiger partial charge < -0.3 is 10.6 Å². The van der Waals surface area contributed by atoms with Gasteiger partial charge in [-0.1, -0.05) is 12.1 Å². The first-order valence-corrected chi connectivity index (χ1v) is 8.54. The SMILES string of the molecule is CC(C)(C#N)c1ccc(NC(=O)NCc2n[nH]c(=S)n2C2CC2)cc1. The van der Waals surface area contributed by atoms with Crippen molar-refractivity contribution >= 4 is 23.9 Å². The molecule has 0 aliphatic heterocycles. The van der Waals surface area contributed by atoms with Gasteiger partial charge in [-0.25, -0.2) is 4.79 Å². The topological polar surface area (TPSA) is 98.5 Å². The number of aromatic amines is 1. The zero-order valence-electron chi connectivity index (χ0n) is 14.2. The number of nitriles is 1. The summed E-state index contributed by atoms with van der Waals surface area (Å²) in [5.41, 5.74) is 1.01. The highest BCUT2D eigenvalue weighted by Crippen LogP contribution is 2.35. The molecule has 0 radical (unpaired) electrons. The molecule has 1 aliphatic carbocycles. The van der Waals surface area contributed by atoms with E-state index in [1.54, 1.807) is 12.1 Å². The largest absolute Gasteiger partial charge is 0.331 e. The number of carbonyl (C=O) groups is 1. The number of nitrogens with one attached hydrogen (secondary N) is 3. The number of amides is 2. The number of carbonyl (C=O) groups excluding carboxylic acids is 1. The molecule has 2 amide bonds. The summed E-state index contributed by atoms with van der Waals surface area (Å²) in [4.78, 5) is 12.1. The van der Waals surface area contributed by atoms with Crippen LogP contribution in [-0.2, 0) is 12.0 Å². The predicted molar refractivity (Wildman–Crippen MR) is 96.6 cm³/mol. The van der Waals surface area contributed by atoms with E-state index in [4.69, 9.17) is 17.5 Å². The van der Waals surface area contributed by atoms with Crippen molar-refractivity contribution < 1.29 is 4.79 Å². The van der Waals surface area contributed by atoms with E-state index in [0.29, 0.717) is 23.0 Å². The van der Waals surface area contributed by atoms with Crippen LogP contribution in [0.5, 0.6) is 0 Å². The van der Waals surface area contributed by atoms with Crippen LogP contribution in [0.1, 0.15) is 44.1 Å². The van der Waals surface area contributed by atoms with Crippen molar-refractivity contribution in [2.24, 2.45) is 0 Å². The maximum atomic E-state index is 12.1. The summed E-state index contributed by atoms with van der Waals surface area (Å²) < 4.78 is 2.56. The van der Waals surface area contributed by atoms with Crippen molar-refractivity contribution in [3.05, 3.63) is 40.4 Å². The second kappa shape index (κ2) is 6.69. The highest BCUT2D eigenvalue weighted by molar-refractivity contribution is 7.71. The van der Waals surface area contributed by atoms with Gasteiger partial charge in [0, 0.05) is 11.7 Å². The molecule has 1 fully saturated rings. The molecular weight excluding hydrogens is 336 g/mol. The van der Waals surface area contributed by atoms with Crippen LogP contribution < -0.4 is 10.6 Å². The van der Waals surface area contributed by atoms with Crippen LogP contribution in [0.4, 0.5) is 10.5 Å². The summed E-state index contributed by atoms with van der Waals surface area (Å²) in [6.45, 7) is 4.01. The first kappa shape index (κ1) is 17.2. The molecular formula is C17H20N6OS. The van der Waals surface area contributed by atoms with Gasteiger partial charge in [0.1, 0.15) is 0 Å². The van der Waals surface area contributed by atoms with Crippen molar-refractivity contribution in [2.45, 2.75) is 44.7 Å². The van der Waals surface area contributed by atoms with Gasteiger partial charge in [-0.15, -0.1) is 0 Å². The van der Waals surface area contributed by atoms with Crippen LogP contribution >= 0.6 is 12.2 Å². The fraction of sp³-hybridized carbons (Fsp3) is 0.412. The molecule has 0 atom stereocenters. The van der Waals surface area contributed by atoms with Crippen LogP contribution in [0.2, 0.25) is 0 Å². The highest BCUT2D eigenvalue weighted by atomic mass is 32.1. The molecule has 0 unspecified atom stereocenters. The van der Waals surface area contributed by atoms with Gasteiger partial charge in [0.15, 0.2) is 10.6 Å². The van der Waals surface area contributed by atoms with Gasteiger partial charge in [-0.2, -0.15) is 10.4 Å². The average molecular weight is 356 g/mol. The van der Waals surface area contributed by atoms with E-state index in [-0.39, 0.29) is 6.03 Å². The molecule has 0 bridgehead atoms. The lowest BCUT2D eigenvalue weighted by molar-refractivity contribution is 0.251. The van der Waals surface area contributed by atoms with E-state index in [9.17, 15) is 4.79 Å². The maximum absolute atomic E-state index is 12.1. The standard InChI is InChI=1S/C17H20N6OS/c1-17(2,10-18)11-3-5-12(6-4-11)20-15(24)19-9-14-21-22-16(25)23(14)13-7-8-13/h3-6,13H,7-9H2,1-2H3,(H,22,25)(H2,19,20,24). The summed E-state index contributed by atoms with van der Waals surface area (Å²) in [5, 5.41) is 21.7. The number of hydrogen-bond acceptors (Lipinski definition) is 4. The molecule has 2 aromatic rings. The van der Waals surface area contributed by atoms with Gasteiger partial charge in [-0.3, -0.25) is 9.67 Å². The quantitative estimate of drug-likeness (QED) is 0.715. The lowest BCUT2D eigenvalue weighted by atomic mass is 9.86. The number of urea groups is 1. The van der Waals surface area contributed by atoms with Crippen LogP contribution in [0.25, 0.3) is 0 Å². The summed E-state index contributed by atoms with van der Waals surface area (Å²) in [6, 6.07) is 9.61. The second-order valence-electron chi connectivity index (χ2n) is 6.67. The Morgan fingerprint density at radius 3 is 2.72 bits per heavy atom. The minimum absolute atomic E-state index is 0.301. The van der Waals surface area contributed by atoms with E-state index in [0.717, 1.165) is 24.2 Å². The Morgan fingerprint density at radius 2 is 2.12 bits per heavy atom. The molecule has 1 saturated carbocycles. The highest BCUT2D eigenvalue weighted by Gasteiger charge is 2.27. The maximum Gasteiger partial charge on any atom is 0.319 e. The van der Waals surface area contributed by atoms with Gasteiger partial charge in [0.25, 0.3) is 0 Å². The molecule has 1 aliphatic rings. The van der Waals surface area contributed by atoms with Gasteiger partial charge in [0.05, 0.1) is 18.0 Å². The third kappa shape index (κ3) is 3.88. The molecule has 3 rings (SSSR count). The summed E-state index contributed by atoms with van der Waals surface area (Å²) in [5.74, 6) is 0.730. The van der Waals surface area contributed by atoms with Crippen molar-refractivity contribution in [2.75, 3.05) is 5.32 Å². The average Bonchev–Trinajstić information content (AvgIpc) is 3.36. The second-order valence-corrected chi connectivity index (χ2v) is 7.05. The third-order valence-electron chi connectivity index (χ3n) is 4.24. The molecule has 3 N–H and O–H groups in total. The van der Waals surface area contributed by atoms with Crippen molar-refractivity contribution in [3.8, 4) is 6.07 Å². The Bertz CT molecular complexity index is 870. The summed E-state index contributed by atoms with van der Waals surface area (Å²) in [6.07, 6.45) is 2.19. The zero-order valence-corrected chi connectivity index (χ0v) is 15.0. The van der Waals surface area contributed by atoms with E-state index < -0.39 is 5.41 Å². The molecule has 1 aromatic carbocycles. The normalized spacial score (nSPS) is 14.0. The van der Waals surface area contributed by atoms with Crippen molar-refractivity contribution in [3.63, 3.8) is 0 Å². The number of anilines is 1. The molecule has 0 spiro atoms. The Kier molecular flexibility index (Phi) is 4.59. The van der Waals surface area contributed by atoms with Gasteiger partial charge in [0.2, 0.25) is 0 Å². The van der Waals surface area contributed by atoms with E-state index >= 15 is 0 Å². The Labute approximate surface area is 151 Å². The number of rotatable bonds is 5. The Morgan fingerprint density at radius 1 is 1.44 bits per heavy atom. The number of benzene rings is 1. The molecule has 130 valence electrons. The van der Waals surface area contributed by atoms with E-state index in [1.165, 1.54) is 0 Å². The first-order chi connectivity index (χ1) is 11.9. The molecule has 7 nitrogen and oxygen atoms in total. The molecule has 1 aromatic heterocycles. The molecule has 25 heavy (non-hydrogen) atoms. The minimum atomic E-state index is -0.556. The van der Waals surface area contributed by atoms with Crippen molar-refractivity contribution in [1.82, 2.24) is 20.1 Å². The number of H-pyrrole nitrogens is 1. The van der Waals surface area contributed by atoms with Gasteiger partial charge >= 0.3 is 6.03 Å². The number of nitrogens with zero attached hydrogens (tertiary/aromatic N) is 3. The van der Waals surface area contributed by atoms with Crippen molar-refractivity contribution in [1.29, 1.82) is 5.26 Å². The summed E-state index contributed by atoms with van der Waals surface area (Å²) >= 11 is 5.22. The monoisotopic (exact) mass is 356 g/mol. The zero-order chi connectivity index (χ0) is 18.0. The fourth-order valence-corrected chi connectivity index (χ4v) is 2.84. The van der Waals surface area contributed by atoms with Crippen LogP contribution in [0.3, 0.4) is 0 Å². The fourth-order valence-electron chi connectivity index (χ4n) is 2.54. The molecule has 1 heterocycles. The smallest absolute Gasteiger partial charge is 0.319 e. The molecule has 8 heteroatoms. The number of aromatic nitrogens is 3. The third-order valence-corrected chi connectivity index (χ3v) is 4.53. The lowest BCUT2D eigenvalue weighted by Crippen LogP contribution is -2.29. The summed E-state index contributed by atoms with van der Waals surface area (Å²) in [7, 11) is 0. The molecule has 0 saturated heterocycles. The minimum Gasteiger partial charge on any atom is -0.331 e. The number of hydrogen-bond donors (Lipinski definition) is 3. The van der Waals surface area contributed by atoms with Crippen LogP contribution in [0, 0.1) is 16.1 Å².